The minimum atomic E-state index is -0.472. The second-order valence-electron chi connectivity index (χ2n) is 6.72. The summed E-state index contributed by atoms with van der Waals surface area (Å²) in [6.45, 7) is 2.05. The Bertz CT molecular complexity index is 595. The summed E-state index contributed by atoms with van der Waals surface area (Å²) in [6, 6.07) is 7.78. The van der Waals surface area contributed by atoms with Gasteiger partial charge in [-0.2, -0.15) is 0 Å². The van der Waals surface area contributed by atoms with Crippen LogP contribution in [0.25, 0.3) is 0 Å². The molecule has 1 aromatic carbocycles. The summed E-state index contributed by atoms with van der Waals surface area (Å²) in [5.74, 6) is 0.475. The lowest BCUT2D eigenvalue weighted by atomic mass is 9.88. The highest BCUT2D eigenvalue weighted by Crippen LogP contribution is 2.43. The summed E-state index contributed by atoms with van der Waals surface area (Å²) < 4.78 is 4.96. The highest BCUT2D eigenvalue weighted by molar-refractivity contribution is 7.99. The number of nitrogens with zero attached hydrogens (tertiary/aromatic N) is 1. The molecule has 1 heterocycles. The minimum Gasteiger partial charge on any atom is -0.467 e. The van der Waals surface area contributed by atoms with Crippen LogP contribution in [0.4, 0.5) is 0 Å². The first-order valence-electron chi connectivity index (χ1n) is 8.70. The average Bonchev–Trinajstić information content (AvgIpc) is 3.06. The maximum Gasteiger partial charge on any atom is 0.329 e. The number of amides is 1. The fourth-order valence-corrected chi connectivity index (χ4v) is 5.06. The fourth-order valence-electron chi connectivity index (χ4n) is 3.64. The van der Waals surface area contributed by atoms with Crippen LogP contribution in [0.5, 0.6) is 0 Å². The molecule has 1 aliphatic heterocycles. The van der Waals surface area contributed by atoms with Crippen molar-refractivity contribution in [3.8, 4) is 0 Å². The smallest absolute Gasteiger partial charge is 0.329 e. The molecule has 0 bridgehead atoms. The molecule has 130 valence electrons. The average molecular weight is 347 g/mol. The third-order valence-corrected chi connectivity index (χ3v) is 6.37. The Morgan fingerprint density at radius 3 is 2.42 bits per heavy atom. The molecule has 1 amide bonds. The second kappa shape index (κ2) is 7.60. The first kappa shape index (κ1) is 17.3. The molecule has 1 aromatic rings. The molecule has 1 saturated carbocycles. The molecule has 4 nitrogen and oxygen atoms in total. The zero-order valence-electron chi connectivity index (χ0n) is 14.4. The van der Waals surface area contributed by atoms with E-state index in [1.807, 2.05) is 6.92 Å². The maximum atomic E-state index is 13.2. The van der Waals surface area contributed by atoms with Crippen molar-refractivity contribution in [1.29, 1.82) is 0 Å². The van der Waals surface area contributed by atoms with Crippen LogP contribution in [0, 0.1) is 12.8 Å². The number of aryl methyl sites for hydroxylation is 1. The van der Waals surface area contributed by atoms with Gasteiger partial charge in [0.1, 0.15) is 11.4 Å². The van der Waals surface area contributed by atoms with E-state index in [0.29, 0.717) is 5.75 Å². The van der Waals surface area contributed by atoms with Crippen molar-refractivity contribution in [2.75, 3.05) is 12.9 Å². The lowest BCUT2D eigenvalue weighted by Crippen LogP contribution is -2.46. The van der Waals surface area contributed by atoms with E-state index < -0.39 is 6.04 Å². The lowest BCUT2D eigenvalue weighted by Gasteiger charge is -2.33. The van der Waals surface area contributed by atoms with Crippen LogP contribution in [0.1, 0.15) is 48.6 Å². The van der Waals surface area contributed by atoms with E-state index in [4.69, 9.17) is 4.74 Å². The Labute approximate surface area is 147 Å². The van der Waals surface area contributed by atoms with Crippen molar-refractivity contribution < 1.29 is 14.3 Å². The fraction of sp³-hybridized carbons (Fsp3) is 0.579. The van der Waals surface area contributed by atoms with Gasteiger partial charge in [0.05, 0.1) is 7.11 Å². The third-order valence-electron chi connectivity index (χ3n) is 5.05. The van der Waals surface area contributed by atoms with Gasteiger partial charge in [-0.05, 0) is 25.3 Å². The summed E-state index contributed by atoms with van der Waals surface area (Å²) in [6.07, 6.45) is 5.30. The minimum absolute atomic E-state index is 0.0533. The van der Waals surface area contributed by atoms with Gasteiger partial charge < -0.3 is 9.64 Å². The molecule has 5 heteroatoms. The Morgan fingerprint density at radius 1 is 1.12 bits per heavy atom. The number of thioether (sulfide) groups is 1. The van der Waals surface area contributed by atoms with Crippen molar-refractivity contribution in [1.82, 2.24) is 4.90 Å². The SMILES string of the molecule is COC(=O)C1CSC(c2ccc(C)cc2)N1C(=O)C1CCCCC1. The Hall–Kier alpha value is -1.49. The molecule has 2 aliphatic rings. The van der Waals surface area contributed by atoms with Gasteiger partial charge in [-0.3, -0.25) is 4.79 Å². The van der Waals surface area contributed by atoms with Crippen LogP contribution in [-0.4, -0.2) is 35.7 Å². The van der Waals surface area contributed by atoms with Crippen LogP contribution >= 0.6 is 11.8 Å². The van der Waals surface area contributed by atoms with Crippen molar-refractivity contribution in [3.63, 3.8) is 0 Å². The van der Waals surface area contributed by atoms with Gasteiger partial charge in [0.25, 0.3) is 0 Å². The molecule has 1 aliphatic carbocycles. The van der Waals surface area contributed by atoms with Gasteiger partial charge in [0, 0.05) is 11.7 Å². The molecule has 2 atom stereocenters. The number of carbonyl (C=O) groups excluding carboxylic acids is 2. The van der Waals surface area contributed by atoms with Gasteiger partial charge in [0.15, 0.2) is 0 Å². The monoisotopic (exact) mass is 347 g/mol. The van der Waals surface area contributed by atoms with Gasteiger partial charge in [-0.15, -0.1) is 11.8 Å². The van der Waals surface area contributed by atoms with Crippen LogP contribution in [-0.2, 0) is 14.3 Å². The van der Waals surface area contributed by atoms with Gasteiger partial charge in [-0.1, -0.05) is 49.1 Å². The number of methoxy groups -OCH3 is 1. The standard InChI is InChI=1S/C19H25NO3S/c1-13-8-10-15(11-9-13)18-20(16(12-24-18)19(22)23-2)17(21)14-6-4-3-5-7-14/h8-11,14,16,18H,3-7,12H2,1-2H3. The number of benzene rings is 1. The molecule has 1 saturated heterocycles. The summed E-state index contributed by atoms with van der Waals surface area (Å²) in [5.41, 5.74) is 2.28. The molecule has 2 fully saturated rings. The van der Waals surface area contributed by atoms with Gasteiger partial charge >= 0.3 is 5.97 Å². The topological polar surface area (TPSA) is 46.6 Å². The highest BCUT2D eigenvalue weighted by Gasteiger charge is 2.44. The third kappa shape index (κ3) is 3.46. The normalized spacial score (nSPS) is 24.8. The molecule has 3 rings (SSSR count). The van der Waals surface area contributed by atoms with Crippen LogP contribution in [0.3, 0.4) is 0 Å². The van der Waals surface area contributed by atoms with Crippen LogP contribution < -0.4 is 0 Å². The number of hydrogen-bond acceptors (Lipinski definition) is 4. The second-order valence-corrected chi connectivity index (χ2v) is 7.83. The first-order valence-corrected chi connectivity index (χ1v) is 9.75. The van der Waals surface area contributed by atoms with E-state index >= 15 is 0 Å². The lowest BCUT2D eigenvalue weighted by molar-refractivity contribution is -0.153. The molecular weight excluding hydrogens is 322 g/mol. The van der Waals surface area contributed by atoms with Gasteiger partial charge in [-0.25, -0.2) is 4.79 Å². The summed E-state index contributed by atoms with van der Waals surface area (Å²) >= 11 is 1.66. The number of hydrogen-bond donors (Lipinski definition) is 0. The summed E-state index contributed by atoms with van der Waals surface area (Å²) in [7, 11) is 1.40. The van der Waals surface area contributed by atoms with E-state index in [1.165, 1.54) is 19.1 Å². The van der Waals surface area contributed by atoms with Crippen LogP contribution in [0.2, 0.25) is 0 Å². The summed E-state index contributed by atoms with van der Waals surface area (Å²) in [4.78, 5) is 27.2. The Balaban J connectivity index is 1.88. The molecule has 0 radical (unpaired) electrons. The molecular formula is C19H25NO3S. The number of carbonyl (C=O) groups is 2. The van der Waals surface area contributed by atoms with Crippen molar-refractivity contribution in [2.24, 2.45) is 5.92 Å². The number of rotatable bonds is 3. The van der Waals surface area contributed by atoms with E-state index in [-0.39, 0.29) is 23.2 Å². The zero-order chi connectivity index (χ0) is 17.1. The molecule has 0 spiro atoms. The first-order chi connectivity index (χ1) is 11.6. The quantitative estimate of drug-likeness (QED) is 0.783. The van der Waals surface area contributed by atoms with E-state index in [0.717, 1.165) is 31.2 Å². The highest BCUT2D eigenvalue weighted by atomic mass is 32.2. The van der Waals surface area contributed by atoms with Crippen molar-refractivity contribution >= 4 is 23.6 Å². The van der Waals surface area contributed by atoms with Gasteiger partial charge in [0.2, 0.25) is 5.91 Å². The van der Waals surface area contributed by atoms with E-state index in [9.17, 15) is 9.59 Å². The summed E-state index contributed by atoms with van der Waals surface area (Å²) in [5, 5.41) is -0.0934. The molecule has 2 unspecified atom stereocenters. The van der Waals surface area contributed by atoms with Crippen molar-refractivity contribution in [3.05, 3.63) is 35.4 Å². The molecule has 24 heavy (non-hydrogen) atoms. The van der Waals surface area contributed by atoms with Crippen molar-refractivity contribution in [2.45, 2.75) is 50.4 Å². The Kier molecular flexibility index (Phi) is 5.49. The Morgan fingerprint density at radius 2 is 1.79 bits per heavy atom. The molecule has 0 N–H and O–H groups in total. The maximum absolute atomic E-state index is 13.2. The number of ether oxygens (including phenoxy) is 1. The largest absolute Gasteiger partial charge is 0.467 e. The van der Waals surface area contributed by atoms with E-state index in [1.54, 1.807) is 16.7 Å². The predicted octanol–water partition coefficient (Wildman–Crippen LogP) is 3.69. The van der Waals surface area contributed by atoms with E-state index in [2.05, 4.69) is 24.3 Å². The predicted molar refractivity (Wildman–Crippen MR) is 95.6 cm³/mol. The zero-order valence-corrected chi connectivity index (χ0v) is 15.2. The number of esters is 1. The molecule has 0 aromatic heterocycles. The van der Waals surface area contributed by atoms with Crippen LogP contribution in [0.15, 0.2) is 24.3 Å².